The molecule has 2 aromatic rings. The van der Waals surface area contributed by atoms with E-state index in [1.165, 1.54) is 12.1 Å². The molecule has 0 saturated carbocycles. The summed E-state index contributed by atoms with van der Waals surface area (Å²) in [4.78, 5) is 9.79. The fourth-order valence-corrected chi connectivity index (χ4v) is 2.89. The molecule has 6 nitrogen and oxygen atoms in total. The van der Waals surface area contributed by atoms with E-state index in [2.05, 4.69) is 25.8 Å². The van der Waals surface area contributed by atoms with E-state index in [4.69, 9.17) is 4.52 Å². The zero-order valence-electron chi connectivity index (χ0n) is 15.0. The molecular weight excluding hydrogens is 468 g/mol. The van der Waals surface area contributed by atoms with Crippen LogP contribution in [0.5, 0.6) is 0 Å². The van der Waals surface area contributed by atoms with Crippen LogP contribution in [0.25, 0.3) is 0 Å². The van der Waals surface area contributed by atoms with Gasteiger partial charge in [0.2, 0.25) is 5.89 Å². The quantitative estimate of drug-likeness (QED) is 0.183. The average molecular weight is 493 g/mol. The van der Waals surface area contributed by atoms with E-state index in [1.807, 2.05) is 6.92 Å². The molecule has 9 heteroatoms. The van der Waals surface area contributed by atoms with Gasteiger partial charge in [0, 0.05) is 31.0 Å². The van der Waals surface area contributed by atoms with Crippen LogP contribution >= 0.6 is 35.7 Å². The Morgan fingerprint density at radius 3 is 2.69 bits per heavy atom. The first-order valence-electron chi connectivity index (χ1n) is 8.37. The van der Waals surface area contributed by atoms with Crippen molar-refractivity contribution < 1.29 is 8.91 Å². The third kappa shape index (κ3) is 8.84. The third-order valence-corrected chi connectivity index (χ3v) is 4.30. The van der Waals surface area contributed by atoms with Crippen LogP contribution in [0.15, 0.2) is 38.7 Å². The molecule has 0 aliphatic heterocycles. The van der Waals surface area contributed by atoms with E-state index in [-0.39, 0.29) is 29.8 Å². The van der Waals surface area contributed by atoms with Crippen molar-refractivity contribution in [3.63, 3.8) is 0 Å². The summed E-state index contributed by atoms with van der Waals surface area (Å²) in [6.45, 7) is 6.04. The number of aryl methyl sites for hydroxylation is 1. The Labute approximate surface area is 174 Å². The Hall–Kier alpha value is -1.36. The zero-order valence-corrected chi connectivity index (χ0v) is 18.1. The number of aromatic nitrogens is 2. The minimum absolute atomic E-state index is 0. The van der Waals surface area contributed by atoms with Crippen molar-refractivity contribution in [2.24, 2.45) is 4.99 Å². The molecule has 0 radical (unpaired) electrons. The van der Waals surface area contributed by atoms with Crippen molar-refractivity contribution in [2.45, 2.75) is 31.6 Å². The Morgan fingerprint density at radius 1 is 1.27 bits per heavy atom. The SMILES string of the molecule is CCNC(=NCCCSc1ccc(F)cc1)NCCc1nc(C)no1.I. The smallest absolute Gasteiger partial charge is 0.228 e. The molecule has 0 unspecified atom stereocenters. The van der Waals surface area contributed by atoms with Crippen LogP contribution in [0, 0.1) is 12.7 Å². The van der Waals surface area contributed by atoms with Crippen LogP contribution in [0.4, 0.5) is 4.39 Å². The molecule has 2 N–H and O–H groups in total. The number of benzene rings is 1. The first kappa shape index (κ1) is 22.7. The molecule has 0 amide bonds. The van der Waals surface area contributed by atoms with Crippen molar-refractivity contribution >= 4 is 41.7 Å². The molecule has 0 fully saturated rings. The van der Waals surface area contributed by atoms with E-state index in [0.29, 0.717) is 24.7 Å². The van der Waals surface area contributed by atoms with E-state index in [1.54, 1.807) is 30.8 Å². The van der Waals surface area contributed by atoms with Gasteiger partial charge in [-0.05, 0) is 50.3 Å². The molecule has 144 valence electrons. The van der Waals surface area contributed by atoms with Crippen molar-refractivity contribution in [3.8, 4) is 0 Å². The minimum Gasteiger partial charge on any atom is -0.357 e. The predicted molar refractivity (Wildman–Crippen MR) is 114 cm³/mol. The Kier molecular flexibility index (Phi) is 11.3. The van der Waals surface area contributed by atoms with Crippen molar-refractivity contribution in [2.75, 3.05) is 25.4 Å². The van der Waals surface area contributed by atoms with Gasteiger partial charge in [0.25, 0.3) is 0 Å². The molecule has 0 saturated heterocycles. The summed E-state index contributed by atoms with van der Waals surface area (Å²) in [5.41, 5.74) is 0. The van der Waals surface area contributed by atoms with Crippen LogP contribution in [-0.4, -0.2) is 41.5 Å². The van der Waals surface area contributed by atoms with Gasteiger partial charge in [-0.1, -0.05) is 5.16 Å². The van der Waals surface area contributed by atoms with E-state index in [0.717, 1.165) is 36.1 Å². The highest BCUT2D eigenvalue weighted by Crippen LogP contribution is 2.18. The van der Waals surface area contributed by atoms with Gasteiger partial charge in [-0.3, -0.25) is 4.99 Å². The number of nitrogens with one attached hydrogen (secondary N) is 2. The highest BCUT2D eigenvalue weighted by atomic mass is 127. The monoisotopic (exact) mass is 493 g/mol. The normalized spacial score (nSPS) is 11.1. The maximum Gasteiger partial charge on any atom is 0.228 e. The fraction of sp³-hybridized carbons (Fsp3) is 0.471. The van der Waals surface area contributed by atoms with Crippen LogP contribution < -0.4 is 10.6 Å². The average Bonchev–Trinajstić information content (AvgIpc) is 3.01. The van der Waals surface area contributed by atoms with Gasteiger partial charge >= 0.3 is 0 Å². The second kappa shape index (κ2) is 12.9. The summed E-state index contributed by atoms with van der Waals surface area (Å²) < 4.78 is 17.9. The molecular formula is C17H25FIN5OS. The Bertz CT molecular complexity index is 665. The summed E-state index contributed by atoms with van der Waals surface area (Å²) in [5.74, 6) is 2.79. The topological polar surface area (TPSA) is 75.3 Å². The first-order valence-corrected chi connectivity index (χ1v) is 9.35. The van der Waals surface area contributed by atoms with Crippen molar-refractivity contribution in [1.29, 1.82) is 0 Å². The lowest BCUT2D eigenvalue weighted by Gasteiger charge is -2.10. The van der Waals surface area contributed by atoms with Gasteiger partial charge in [-0.2, -0.15) is 4.98 Å². The molecule has 2 rings (SSSR count). The minimum atomic E-state index is -0.203. The number of thioether (sulfide) groups is 1. The van der Waals surface area contributed by atoms with Crippen LogP contribution in [0.2, 0.25) is 0 Å². The number of nitrogens with zero attached hydrogens (tertiary/aromatic N) is 3. The summed E-state index contributed by atoms with van der Waals surface area (Å²) >= 11 is 1.71. The summed E-state index contributed by atoms with van der Waals surface area (Å²) in [5, 5.41) is 10.2. The lowest BCUT2D eigenvalue weighted by atomic mass is 10.4. The predicted octanol–water partition coefficient (Wildman–Crippen LogP) is 3.42. The molecule has 0 aliphatic carbocycles. The first-order chi connectivity index (χ1) is 12.2. The number of guanidine groups is 1. The lowest BCUT2D eigenvalue weighted by Crippen LogP contribution is -2.38. The second-order valence-electron chi connectivity index (χ2n) is 5.33. The van der Waals surface area contributed by atoms with Gasteiger partial charge in [0.15, 0.2) is 11.8 Å². The molecule has 0 bridgehead atoms. The Balaban J connectivity index is 0.00000338. The van der Waals surface area contributed by atoms with Gasteiger partial charge in [-0.15, -0.1) is 35.7 Å². The van der Waals surface area contributed by atoms with E-state index in [9.17, 15) is 4.39 Å². The van der Waals surface area contributed by atoms with Crippen LogP contribution in [0.1, 0.15) is 25.1 Å². The van der Waals surface area contributed by atoms with Gasteiger partial charge in [0.1, 0.15) is 5.82 Å². The number of hydrogen-bond acceptors (Lipinski definition) is 5. The molecule has 1 heterocycles. The molecule has 26 heavy (non-hydrogen) atoms. The maximum atomic E-state index is 12.8. The largest absolute Gasteiger partial charge is 0.357 e. The summed E-state index contributed by atoms with van der Waals surface area (Å²) in [6, 6.07) is 6.57. The van der Waals surface area contributed by atoms with E-state index < -0.39 is 0 Å². The second-order valence-corrected chi connectivity index (χ2v) is 6.50. The molecule has 0 aliphatic rings. The lowest BCUT2D eigenvalue weighted by molar-refractivity contribution is 0.374. The number of hydrogen-bond donors (Lipinski definition) is 2. The molecule has 0 spiro atoms. The van der Waals surface area contributed by atoms with Crippen LogP contribution in [-0.2, 0) is 6.42 Å². The number of aliphatic imine (C=N–C) groups is 1. The fourth-order valence-electron chi connectivity index (χ4n) is 2.05. The van der Waals surface area contributed by atoms with Gasteiger partial charge in [0.05, 0.1) is 0 Å². The zero-order chi connectivity index (χ0) is 17.9. The summed E-state index contributed by atoms with van der Waals surface area (Å²) in [6.07, 6.45) is 1.60. The maximum absolute atomic E-state index is 12.8. The van der Waals surface area contributed by atoms with Crippen LogP contribution in [0.3, 0.4) is 0 Å². The third-order valence-electron chi connectivity index (χ3n) is 3.20. The van der Waals surface area contributed by atoms with Gasteiger partial charge < -0.3 is 15.2 Å². The molecule has 1 aromatic heterocycles. The highest BCUT2D eigenvalue weighted by molar-refractivity contribution is 14.0. The highest BCUT2D eigenvalue weighted by Gasteiger charge is 2.03. The number of halogens is 2. The van der Waals surface area contributed by atoms with E-state index >= 15 is 0 Å². The Morgan fingerprint density at radius 2 is 2.04 bits per heavy atom. The number of rotatable bonds is 9. The van der Waals surface area contributed by atoms with Gasteiger partial charge in [-0.25, -0.2) is 4.39 Å². The molecule has 1 aromatic carbocycles. The standard InChI is InChI=1S/C17H24FN5OS.HI/c1-3-19-17(21-11-9-16-22-13(2)23-24-16)20-10-4-12-25-15-7-5-14(18)6-8-15;/h5-8H,3-4,9-12H2,1-2H3,(H2,19,20,21);1H. The summed E-state index contributed by atoms with van der Waals surface area (Å²) in [7, 11) is 0. The van der Waals surface area contributed by atoms with Crippen molar-refractivity contribution in [1.82, 2.24) is 20.8 Å². The molecule has 0 atom stereocenters. The van der Waals surface area contributed by atoms with Crippen molar-refractivity contribution in [3.05, 3.63) is 41.8 Å².